The van der Waals surface area contributed by atoms with E-state index in [2.05, 4.69) is 20.8 Å². The van der Waals surface area contributed by atoms with Crippen LogP contribution in [0.2, 0.25) is 0 Å². The van der Waals surface area contributed by atoms with E-state index in [1.165, 1.54) is 0 Å². The third kappa shape index (κ3) is 3.26. The van der Waals surface area contributed by atoms with Gasteiger partial charge >= 0.3 is 5.97 Å². The van der Waals surface area contributed by atoms with Crippen molar-refractivity contribution in [1.82, 2.24) is 0 Å². The van der Waals surface area contributed by atoms with Gasteiger partial charge in [-0.05, 0) is 97.7 Å². The van der Waals surface area contributed by atoms with Crippen LogP contribution in [-0.4, -0.2) is 44.7 Å². The second-order valence-corrected chi connectivity index (χ2v) is 12.0. The number of carboxylic acids is 1. The van der Waals surface area contributed by atoms with E-state index in [1.54, 1.807) is 6.92 Å². The Bertz CT molecular complexity index is 666. The zero-order valence-electron chi connectivity index (χ0n) is 19.1. The van der Waals surface area contributed by atoms with Crippen LogP contribution in [0.25, 0.3) is 0 Å². The van der Waals surface area contributed by atoms with Gasteiger partial charge in [-0.15, -0.1) is 0 Å². The van der Waals surface area contributed by atoms with Crippen molar-refractivity contribution >= 4 is 5.97 Å². The van der Waals surface area contributed by atoms with Gasteiger partial charge in [-0.2, -0.15) is 0 Å². The highest BCUT2D eigenvalue weighted by molar-refractivity contribution is 5.69. The minimum atomic E-state index is -0.744. The molecule has 4 rings (SSSR count). The summed E-state index contributed by atoms with van der Waals surface area (Å²) in [7, 11) is 0. The first-order chi connectivity index (χ1) is 14.0. The number of aliphatic carboxylic acids is 1. The van der Waals surface area contributed by atoms with Crippen LogP contribution in [0.15, 0.2) is 0 Å². The van der Waals surface area contributed by atoms with Crippen molar-refractivity contribution in [2.75, 3.05) is 0 Å². The molecule has 30 heavy (non-hydrogen) atoms. The normalized spacial score (nSPS) is 52.6. The second-order valence-electron chi connectivity index (χ2n) is 12.0. The molecule has 0 spiro atoms. The first-order valence-electron chi connectivity index (χ1n) is 12.3. The average molecular weight is 423 g/mol. The van der Waals surface area contributed by atoms with Crippen LogP contribution in [0.5, 0.6) is 0 Å². The smallest absolute Gasteiger partial charge is 0.306 e. The van der Waals surface area contributed by atoms with Crippen LogP contribution in [-0.2, 0) is 4.79 Å². The molecule has 0 aromatic rings. The minimum absolute atomic E-state index is 0.0902. The van der Waals surface area contributed by atoms with E-state index in [-0.39, 0.29) is 40.8 Å². The first-order valence-corrected chi connectivity index (χ1v) is 12.3. The molecule has 4 N–H and O–H groups in total. The lowest BCUT2D eigenvalue weighted by Gasteiger charge is -2.63. The van der Waals surface area contributed by atoms with Gasteiger partial charge in [0.25, 0.3) is 0 Å². The van der Waals surface area contributed by atoms with E-state index in [0.29, 0.717) is 30.1 Å². The van der Waals surface area contributed by atoms with Crippen molar-refractivity contribution in [3.8, 4) is 0 Å². The molecule has 0 saturated heterocycles. The molecule has 12 atom stereocenters. The van der Waals surface area contributed by atoms with Crippen molar-refractivity contribution in [2.45, 2.75) is 97.4 Å². The SMILES string of the molecule is C[C@H](C[C@@H](C)[C@H]1CC[C@H]2[C@@H]3[C@H](O)C[C@@H]4C[C@H](O)CC[C@]4(C)[C@H]3C[C@H](O)[C@]12C)C(=O)O. The van der Waals surface area contributed by atoms with Crippen LogP contribution >= 0.6 is 0 Å². The molecular formula is C25H42O5. The van der Waals surface area contributed by atoms with E-state index in [9.17, 15) is 25.2 Å². The Kier molecular flexibility index (Phi) is 5.81. The van der Waals surface area contributed by atoms with Crippen molar-refractivity contribution in [3.05, 3.63) is 0 Å². The van der Waals surface area contributed by atoms with Crippen LogP contribution < -0.4 is 0 Å². The fraction of sp³-hybridized carbons (Fsp3) is 0.960. The van der Waals surface area contributed by atoms with Crippen LogP contribution in [0.3, 0.4) is 0 Å². The predicted octanol–water partition coefficient (Wildman–Crippen LogP) is 3.69. The number of aliphatic hydroxyl groups excluding tert-OH is 3. The third-order valence-corrected chi connectivity index (χ3v) is 10.7. The Morgan fingerprint density at radius 2 is 1.70 bits per heavy atom. The zero-order chi connectivity index (χ0) is 22.0. The molecule has 4 aliphatic rings. The number of aliphatic hydroxyl groups is 3. The van der Waals surface area contributed by atoms with Gasteiger partial charge in [-0.1, -0.05) is 27.7 Å². The van der Waals surface area contributed by atoms with Crippen molar-refractivity contribution in [2.24, 2.45) is 52.3 Å². The summed E-state index contributed by atoms with van der Waals surface area (Å²) in [6, 6.07) is 0. The summed E-state index contributed by atoms with van der Waals surface area (Å²) in [4.78, 5) is 11.4. The lowest BCUT2D eigenvalue weighted by Crippen LogP contribution is -2.62. The first kappa shape index (κ1) is 22.5. The van der Waals surface area contributed by atoms with Gasteiger partial charge in [0.15, 0.2) is 0 Å². The van der Waals surface area contributed by atoms with Crippen LogP contribution in [0.4, 0.5) is 0 Å². The summed E-state index contributed by atoms with van der Waals surface area (Å²) in [5.41, 5.74) is -0.163. The Morgan fingerprint density at radius 1 is 1.00 bits per heavy atom. The van der Waals surface area contributed by atoms with E-state index >= 15 is 0 Å². The van der Waals surface area contributed by atoms with Gasteiger partial charge in [-0.25, -0.2) is 0 Å². The standard InChI is InChI=1S/C25H42O5/c1-13(9-14(2)23(29)30)17-5-6-18-22-19(12-21(28)25(17,18)4)24(3)8-7-16(26)10-15(24)11-20(22)27/h13-22,26-28H,5-12H2,1-4H3,(H,29,30)/t13-,14-,15+,16-,17-,18+,19+,20-,21+,22+,24+,25-/m1/s1. The Morgan fingerprint density at radius 3 is 2.37 bits per heavy atom. The summed E-state index contributed by atoms with van der Waals surface area (Å²) >= 11 is 0. The number of hydrogen-bond acceptors (Lipinski definition) is 4. The molecule has 5 nitrogen and oxygen atoms in total. The number of carbonyl (C=O) groups is 1. The number of rotatable bonds is 4. The molecule has 172 valence electrons. The molecule has 4 saturated carbocycles. The number of hydrogen-bond donors (Lipinski definition) is 4. The molecule has 4 aliphatic carbocycles. The Labute approximate surface area is 181 Å². The van der Waals surface area contributed by atoms with E-state index in [1.807, 2.05) is 0 Å². The van der Waals surface area contributed by atoms with Gasteiger partial charge in [-0.3, -0.25) is 4.79 Å². The molecule has 4 fully saturated rings. The average Bonchev–Trinajstić information content (AvgIpc) is 3.02. The van der Waals surface area contributed by atoms with E-state index in [0.717, 1.165) is 44.9 Å². The number of fused-ring (bicyclic) bond motifs is 5. The van der Waals surface area contributed by atoms with Gasteiger partial charge in [0.2, 0.25) is 0 Å². The zero-order valence-corrected chi connectivity index (χ0v) is 19.1. The van der Waals surface area contributed by atoms with Gasteiger partial charge in [0.1, 0.15) is 0 Å². The van der Waals surface area contributed by atoms with E-state index < -0.39 is 12.1 Å². The molecule has 0 unspecified atom stereocenters. The van der Waals surface area contributed by atoms with E-state index in [4.69, 9.17) is 0 Å². The lowest BCUT2D eigenvalue weighted by atomic mass is 9.43. The molecule has 0 heterocycles. The maximum atomic E-state index is 11.5. The lowest BCUT2D eigenvalue weighted by molar-refractivity contribution is -0.207. The minimum Gasteiger partial charge on any atom is -0.481 e. The fourth-order valence-corrected chi connectivity index (χ4v) is 8.95. The molecule has 0 bridgehead atoms. The third-order valence-electron chi connectivity index (χ3n) is 10.7. The highest BCUT2D eigenvalue weighted by Gasteiger charge is 2.65. The van der Waals surface area contributed by atoms with Gasteiger partial charge < -0.3 is 20.4 Å². The molecular weight excluding hydrogens is 380 g/mol. The fourth-order valence-electron chi connectivity index (χ4n) is 8.95. The molecule has 0 radical (unpaired) electrons. The summed E-state index contributed by atoms with van der Waals surface area (Å²) in [6.07, 6.45) is 5.75. The Hall–Kier alpha value is -0.650. The highest BCUT2D eigenvalue weighted by atomic mass is 16.4. The molecule has 0 amide bonds. The Balaban J connectivity index is 1.61. The van der Waals surface area contributed by atoms with Crippen molar-refractivity contribution < 1.29 is 25.2 Å². The van der Waals surface area contributed by atoms with Crippen LogP contribution in [0, 0.1) is 52.3 Å². The molecule has 0 aliphatic heterocycles. The van der Waals surface area contributed by atoms with Crippen molar-refractivity contribution in [1.29, 1.82) is 0 Å². The largest absolute Gasteiger partial charge is 0.481 e. The summed E-state index contributed by atoms with van der Waals surface area (Å²) < 4.78 is 0. The summed E-state index contributed by atoms with van der Waals surface area (Å²) in [6.45, 7) is 8.52. The highest BCUT2D eigenvalue weighted by Crippen LogP contribution is 2.68. The maximum Gasteiger partial charge on any atom is 0.306 e. The van der Waals surface area contributed by atoms with Gasteiger partial charge in [0, 0.05) is 0 Å². The monoisotopic (exact) mass is 422 g/mol. The summed E-state index contributed by atoms with van der Waals surface area (Å²) in [5, 5.41) is 42.4. The molecule has 5 heteroatoms. The topological polar surface area (TPSA) is 98.0 Å². The predicted molar refractivity (Wildman–Crippen MR) is 115 cm³/mol. The number of carboxylic acid groups (broad SMARTS) is 1. The van der Waals surface area contributed by atoms with Gasteiger partial charge in [0.05, 0.1) is 24.2 Å². The van der Waals surface area contributed by atoms with Crippen LogP contribution in [0.1, 0.15) is 79.1 Å². The second kappa shape index (κ2) is 7.74. The molecule has 0 aromatic carbocycles. The maximum absolute atomic E-state index is 11.5. The quantitative estimate of drug-likeness (QED) is 0.554. The summed E-state index contributed by atoms with van der Waals surface area (Å²) in [5.74, 6) is 0.567. The van der Waals surface area contributed by atoms with Crippen molar-refractivity contribution in [3.63, 3.8) is 0 Å². The molecule has 0 aromatic heterocycles.